The van der Waals surface area contributed by atoms with Crippen LogP contribution in [0.1, 0.15) is 11.1 Å². The number of methoxy groups -OCH3 is 3. The fourth-order valence-electron chi connectivity index (χ4n) is 3.85. The Balaban J connectivity index is 1.54. The second kappa shape index (κ2) is 7.46. The first-order valence-electron chi connectivity index (χ1n) is 9.28. The first kappa shape index (κ1) is 18.2. The Morgan fingerprint density at radius 2 is 1.68 bits per heavy atom. The fraction of sp³-hybridized carbons (Fsp3) is 0.318. The number of carbonyl (C=O) groups is 1. The molecule has 0 N–H and O–H groups in total. The first-order valence-corrected chi connectivity index (χ1v) is 9.28. The van der Waals surface area contributed by atoms with Crippen LogP contribution >= 0.6 is 0 Å². The van der Waals surface area contributed by atoms with Gasteiger partial charge in [-0.1, -0.05) is 6.07 Å². The molecule has 0 saturated carbocycles. The Hall–Kier alpha value is -3.15. The van der Waals surface area contributed by atoms with E-state index in [-0.39, 0.29) is 5.91 Å². The predicted molar refractivity (Wildman–Crippen MR) is 107 cm³/mol. The zero-order valence-corrected chi connectivity index (χ0v) is 16.4. The van der Waals surface area contributed by atoms with E-state index in [9.17, 15) is 4.79 Å². The van der Waals surface area contributed by atoms with Gasteiger partial charge in [0.15, 0.2) is 11.5 Å². The maximum atomic E-state index is 13.0. The molecule has 4 rings (SSSR count). The summed E-state index contributed by atoms with van der Waals surface area (Å²) in [7, 11) is 4.92. The lowest BCUT2D eigenvalue weighted by molar-refractivity contribution is -0.132. The third kappa shape index (κ3) is 3.15. The SMILES string of the molecule is COc1cc2c(cc1OC)CN(C(=O)Cn1ccc3c(OC)cccc31)CC2. The summed E-state index contributed by atoms with van der Waals surface area (Å²) in [4.78, 5) is 14.9. The zero-order valence-electron chi connectivity index (χ0n) is 16.4. The summed E-state index contributed by atoms with van der Waals surface area (Å²) < 4.78 is 18.2. The highest BCUT2D eigenvalue weighted by Crippen LogP contribution is 2.33. The van der Waals surface area contributed by atoms with Gasteiger partial charge in [-0.2, -0.15) is 0 Å². The number of amides is 1. The van der Waals surface area contributed by atoms with Gasteiger partial charge in [0, 0.05) is 24.7 Å². The molecule has 0 atom stereocenters. The summed E-state index contributed by atoms with van der Waals surface area (Å²) in [6.45, 7) is 1.58. The van der Waals surface area contributed by atoms with Crippen molar-refractivity contribution in [3.63, 3.8) is 0 Å². The van der Waals surface area contributed by atoms with Gasteiger partial charge in [0.05, 0.1) is 26.8 Å². The van der Waals surface area contributed by atoms with Crippen LogP contribution in [0.2, 0.25) is 0 Å². The van der Waals surface area contributed by atoms with E-state index in [1.54, 1.807) is 21.3 Å². The maximum Gasteiger partial charge on any atom is 0.242 e. The highest BCUT2D eigenvalue weighted by atomic mass is 16.5. The number of fused-ring (bicyclic) bond motifs is 2. The first-order chi connectivity index (χ1) is 13.6. The molecule has 0 spiro atoms. The van der Waals surface area contributed by atoms with E-state index in [1.165, 1.54) is 5.56 Å². The summed E-state index contributed by atoms with van der Waals surface area (Å²) >= 11 is 0. The van der Waals surface area contributed by atoms with Crippen LogP contribution < -0.4 is 14.2 Å². The molecular weight excluding hydrogens is 356 g/mol. The van der Waals surface area contributed by atoms with Crippen LogP contribution in [0.5, 0.6) is 17.2 Å². The van der Waals surface area contributed by atoms with Crippen LogP contribution in [-0.2, 0) is 24.3 Å². The van der Waals surface area contributed by atoms with Crippen molar-refractivity contribution < 1.29 is 19.0 Å². The maximum absolute atomic E-state index is 13.0. The van der Waals surface area contributed by atoms with Crippen LogP contribution in [0.4, 0.5) is 0 Å². The minimum atomic E-state index is 0.0979. The lowest BCUT2D eigenvalue weighted by Crippen LogP contribution is -2.37. The molecule has 1 aromatic heterocycles. The summed E-state index contributed by atoms with van der Waals surface area (Å²) in [5.41, 5.74) is 3.31. The van der Waals surface area contributed by atoms with Crippen LogP contribution in [0.3, 0.4) is 0 Å². The third-order valence-electron chi connectivity index (χ3n) is 5.37. The van der Waals surface area contributed by atoms with E-state index >= 15 is 0 Å². The largest absolute Gasteiger partial charge is 0.496 e. The highest BCUT2D eigenvalue weighted by Gasteiger charge is 2.23. The standard InChI is InChI=1S/C22H24N2O4/c1-26-19-6-4-5-18-17(19)8-10-23(18)14-22(25)24-9-7-15-11-20(27-2)21(28-3)12-16(15)13-24/h4-6,8,10-12H,7,9,13-14H2,1-3H3. The van der Waals surface area contributed by atoms with E-state index in [2.05, 4.69) is 0 Å². The van der Waals surface area contributed by atoms with Gasteiger partial charge in [-0.15, -0.1) is 0 Å². The molecule has 2 heterocycles. The average Bonchev–Trinajstić information content (AvgIpc) is 3.15. The van der Waals surface area contributed by atoms with Gasteiger partial charge >= 0.3 is 0 Å². The Morgan fingerprint density at radius 3 is 2.39 bits per heavy atom. The van der Waals surface area contributed by atoms with Crippen LogP contribution in [0, 0.1) is 0 Å². The fourth-order valence-corrected chi connectivity index (χ4v) is 3.85. The average molecular weight is 380 g/mol. The van der Waals surface area contributed by atoms with Crippen molar-refractivity contribution in [2.24, 2.45) is 0 Å². The van der Waals surface area contributed by atoms with Gasteiger partial charge in [-0.05, 0) is 47.9 Å². The van der Waals surface area contributed by atoms with E-state index in [1.807, 2.05) is 52.1 Å². The molecule has 0 saturated heterocycles. The summed E-state index contributed by atoms with van der Waals surface area (Å²) in [5, 5.41) is 1.01. The molecule has 28 heavy (non-hydrogen) atoms. The van der Waals surface area contributed by atoms with E-state index in [0.29, 0.717) is 25.4 Å². The Morgan fingerprint density at radius 1 is 0.964 bits per heavy atom. The monoisotopic (exact) mass is 380 g/mol. The number of hydrogen-bond donors (Lipinski definition) is 0. The molecule has 146 valence electrons. The van der Waals surface area contributed by atoms with Crippen molar-refractivity contribution in [1.29, 1.82) is 0 Å². The molecule has 6 nitrogen and oxygen atoms in total. The van der Waals surface area contributed by atoms with Crippen LogP contribution in [-0.4, -0.2) is 43.2 Å². The smallest absolute Gasteiger partial charge is 0.242 e. The topological polar surface area (TPSA) is 52.9 Å². The molecule has 1 aliphatic heterocycles. The Bertz CT molecular complexity index is 1020. The molecule has 0 radical (unpaired) electrons. The predicted octanol–water partition coefficient (Wildman–Crippen LogP) is 3.25. The molecule has 1 aliphatic rings. The van der Waals surface area contributed by atoms with E-state index in [4.69, 9.17) is 14.2 Å². The molecule has 0 fully saturated rings. The molecule has 0 bridgehead atoms. The highest BCUT2D eigenvalue weighted by molar-refractivity contribution is 5.88. The molecular formula is C22H24N2O4. The number of carbonyl (C=O) groups excluding carboxylic acids is 1. The molecule has 2 aromatic carbocycles. The second-order valence-corrected chi connectivity index (χ2v) is 6.88. The van der Waals surface area contributed by atoms with Crippen molar-refractivity contribution in [2.45, 2.75) is 19.5 Å². The number of benzene rings is 2. The van der Waals surface area contributed by atoms with Crippen LogP contribution in [0.15, 0.2) is 42.6 Å². The minimum Gasteiger partial charge on any atom is -0.496 e. The van der Waals surface area contributed by atoms with E-state index < -0.39 is 0 Å². The van der Waals surface area contributed by atoms with Gasteiger partial charge in [-0.3, -0.25) is 4.79 Å². The van der Waals surface area contributed by atoms with Crippen LogP contribution in [0.25, 0.3) is 10.9 Å². The number of nitrogens with zero attached hydrogens (tertiary/aromatic N) is 2. The van der Waals surface area contributed by atoms with E-state index in [0.717, 1.165) is 34.4 Å². The zero-order chi connectivity index (χ0) is 19.7. The lowest BCUT2D eigenvalue weighted by atomic mass is 9.98. The van der Waals surface area contributed by atoms with Gasteiger partial charge in [-0.25, -0.2) is 0 Å². The Labute approximate surface area is 164 Å². The van der Waals surface area contributed by atoms with Crippen molar-refractivity contribution in [1.82, 2.24) is 9.47 Å². The van der Waals surface area contributed by atoms with Gasteiger partial charge in [0.2, 0.25) is 5.91 Å². The van der Waals surface area contributed by atoms with Crippen molar-refractivity contribution >= 4 is 16.8 Å². The lowest BCUT2D eigenvalue weighted by Gasteiger charge is -2.30. The quantitative estimate of drug-likeness (QED) is 0.682. The number of rotatable bonds is 5. The number of hydrogen-bond acceptors (Lipinski definition) is 4. The number of ether oxygens (including phenoxy) is 3. The third-order valence-corrected chi connectivity index (χ3v) is 5.37. The number of aromatic nitrogens is 1. The summed E-state index contributed by atoms with van der Waals surface area (Å²) in [6, 6.07) is 11.9. The van der Waals surface area contributed by atoms with Gasteiger partial charge < -0.3 is 23.7 Å². The summed E-state index contributed by atoms with van der Waals surface area (Å²) in [5.74, 6) is 2.34. The van der Waals surface area contributed by atoms with Gasteiger partial charge in [0.25, 0.3) is 0 Å². The minimum absolute atomic E-state index is 0.0979. The molecule has 0 unspecified atom stereocenters. The second-order valence-electron chi connectivity index (χ2n) is 6.88. The molecule has 3 aromatic rings. The Kier molecular flexibility index (Phi) is 4.86. The normalized spacial score (nSPS) is 13.3. The molecule has 6 heteroatoms. The molecule has 1 amide bonds. The van der Waals surface area contributed by atoms with Crippen molar-refractivity contribution in [3.05, 3.63) is 53.7 Å². The molecule has 0 aliphatic carbocycles. The summed E-state index contributed by atoms with van der Waals surface area (Å²) in [6.07, 6.45) is 2.75. The van der Waals surface area contributed by atoms with Crippen molar-refractivity contribution in [2.75, 3.05) is 27.9 Å². The van der Waals surface area contributed by atoms with Crippen molar-refractivity contribution in [3.8, 4) is 17.2 Å². The van der Waals surface area contributed by atoms with Gasteiger partial charge in [0.1, 0.15) is 12.3 Å².